The Morgan fingerprint density at radius 2 is 2.07 bits per heavy atom. The highest BCUT2D eigenvalue weighted by Crippen LogP contribution is 2.28. The van der Waals surface area contributed by atoms with Gasteiger partial charge in [0.1, 0.15) is 10.0 Å². The van der Waals surface area contributed by atoms with Crippen LogP contribution in [0.15, 0.2) is 24.3 Å². The Morgan fingerprint density at radius 3 is 2.67 bits per heavy atom. The number of rotatable bonds is 2. The van der Waals surface area contributed by atoms with Crippen molar-refractivity contribution in [3.8, 4) is 10.6 Å². The van der Waals surface area contributed by atoms with Gasteiger partial charge in [-0.3, -0.25) is 0 Å². The van der Waals surface area contributed by atoms with E-state index in [-0.39, 0.29) is 0 Å². The molecule has 0 fully saturated rings. The van der Waals surface area contributed by atoms with E-state index in [0.29, 0.717) is 5.92 Å². The van der Waals surface area contributed by atoms with Crippen LogP contribution in [-0.2, 0) is 0 Å². The maximum absolute atomic E-state index is 5.72. The third-order valence-electron chi connectivity index (χ3n) is 2.07. The molecule has 15 heavy (non-hydrogen) atoms. The number of nitrogens with zero attached hydrogens (tertiary/aromatic N) is 2. The molecule has 0 radical (unpaired) electrons. The molecule has 1 heterocycles. The average Bonchev–Trinajstić information content (AvgIpc) is 2.66. The molecule has 0 aliphatic heterocycles. The number of nitrogen functional groups attached to an aromatic ring is 1. The highest BCUT2D eigenvalue weighted by Gasteiger charge is 2.09. The van der Waals surface area contributed by atoms with E-state index >= 15 is 0 Å². The monoisotopic (exact) mass is 219 g/mol. The molecule has 3 nitrogen and oxygen atoms in total. The van der Waals surface area contributed by atoms with Gasteiger partial charge in [0.25, 0.3) is 0 Å². The van der Waals surface area contributed by atoms with Gasteiger partial charge in [0.05, 0.1) is 0 Å². The minimum atomic E-state index is 0.428. The van der Waals surface area contributed by atoms with E-state index in [9.17, 15) is 0 Å². The van der Waals surface area contributed by atoms with Gasteiger partial charge < -0.3 is 5.73 Å². The molecule has 0 atom stereocenters. The van der Waals surface area contributed by atoms with Crippen LogP contribution in [0.4, 0.5) is 5.69 Å². The van der Waals surface area contributed by atoms with E-state index in [1.807, 2.05) is 24.3 Å². The summed E-state index contributed by atoms with van der Waals surface area (Å²) in [7, 11) is 0. The molecule has 2 N–H and O–H groups in total. The number of aromatic nitrogens is 2. The molecule has 0 bridgehead atoms. The number of hydrogen-bond acceptors (Lipinski definition) is 4. The predicted molar refractivity (Wildman–Crippen MR) is 63.8 cm³/mol. The fraction of sp³-hybridized carbons (Fsp3) is 0.273. The molecule has 2 rings (SSSR count). The highest BCUT2D eigenvalue weighted by molar-refractivity contribution is 7.14. The Hall–Kier alpha value is -1.42. The average molecular weight is 219 g/mol. The zero-order valence-corrected chi connectivity index (χ0v) is 9.58. The van der Waals surface area contributed by atoms with Crippen molar-refractivity contribution in [2.45, 2.75) is 19.8 Å². The summed E-state index contributed by atoms with van der Waals surface area (Å²) in [5, 5.41) is 10.3. The van der Waals surface area contributed by atoms with E-state index in [2.05, 4.69) is 24.0 Å². The molecule has 0 saturated carbocycles. The summed E-state index contributed by atoms with van der Waals surface area (Å²) in [6.07, 6.45) is 0. The second-order valence-corrected chi connectivity index (χ2v) is 4.73. The summed E-state index contributed by atoms with van der Waals surface area (Å²) in [5.41, 5.74) is 7.52. The smallest absolute Gasteiger partial charge is 0.147 e. The van der Waals surface area contributed by atoms with Gasteiger partial charge in [-0.15, -0.1) is 10.2 Å². The summed E-state index contributed by atoms with van der Waals surface area (Å²) in [6.45, 7) is 4.23. The fourth-order valence-electron chi connectivity index (χ4n) is 1.26. The number of nitrogens with two attached hydrogens (primary N) is 1. The molecule has 4 heteroatoms. The molecule has 0 saturated heterocycles. The quantitative estimate of drug-likeness (QED) is 0.790. The summed E-state index contributed by atoms with van der Waals surface area (Å²) in [6, 6.07) is 7.72. The normalized spacial score (nSPS) is 10.9. The highest BCUT2D eigenvalue weighted by atomic mass is 32.1. The third kappa shape index (κ3) is 2.15. The van der Waals surface area contributed by atoms with Gasteiger partial charge in [-0.2, -0.15) is 0 Å². The standard InChI is InChI=1S/C11H13N3S/c1-7(2)10-13-14-11(15-10)8-4-3-5-9(12)6-8/h3-7H,12H2,1-2H3. The molecule has 0 amide bonds. The lowest BCUT2D eigenvalue weighted by Crippen LogP contribution is -1.84. The van der Waals surface area contributed by atoms with Gasteiger partial charge in [0.2, 0.25) is 0 Å². The molecule has 0 aliphatic rings. The van der Waals surface area contributed by atoms with Crippen molar-refractivity contribution < 1.29 is 0 Å². The molecule has 1 aromatic carbocycles. The van der Waals surface area contributed by atoms with Crippen LogP contribution in [-0.4, -0.2) is 10.2 Å². The SMILES string of the molecule is CC(C)c1nnc(-c2cccc(N)c2)s1. The molecular formula is C11H13N3S. The first kappa shape index (κ1) is 10.1. The second kappa shape index (κ2) is 3.98. The first-order valence-electron chi connectivity index (χ1n) is 4.86. The summed E-state index contributed by atoms with van der Waals surface area (Å²) in [4.78, 5) is 0. The van der Waals surface area contributed by atoms with Crippen molar-refractivity contribution in [3.05, 3.63) is 29.3 Å². The number of benzene rings is 1. The van der Waals surface area contributed by atoms with E-state index < -0.39 is 0 Å². The van der Waals surface area contributed by atoms with Crippen LogP contribution in [0.2, 0.25) is 0 Å². The van der Waals surface area contributed by atoms with Gasteiger partial charge in [-0.1, -0.05) is 37.3 Å². The third-order valence-corrected chi connectivity index (χ3v) is 3.34. The summed E-state index contributed by atoms with van der Waals surface area (Å²) >= 11 is 1.62. The predicted octanol–water partition coefficient (Wildman–Crippen LogP) is 2.91. The topological polar surface area (TPSA) is 51.8 Å². The van der Waals surface area contributed by atoms with E-state index in [4.69, 9.17) is 5.73 Å². The summed E-state index contributed by atoms with van der Waals surface area (Å²) < 4.78 is 0. The van der Waals surface area contributed by atoms with Crippen molar-refractivity contribution in [2.24, 2.45) is 0 Å². The zero-order chi connectivity index (χ0) is 10.8. The van der Waals surface area contributed by atoms with Crippen molar-refractivity contribution >= 4 is 17.0 Å². The van der Waals surface area contributed by atoms with Crippen molar-refractivity contribution in [1.82, 2.24) is 10.2 Å². The number of hydrogen-bond donors (Lipinski definition) is 1. The molecule has 0 aliphatic carbocycles. The largest absolute Gasteiger partial charge is 0.399 e. The lowest BCUT2D eigenvalue weighted by atomic mass is 10.2. The lowest BCUT2D eigenvalue weighted by molar-refractivity contribution is 0.825. The van der Waals surface area contributed by atoms with Crippen molar-refractivity contribution in [1.29, 1.82) is 0 Å². The summed E-state index contributed by atoms with van der Waals surface area (Å²) in [5.74, 6) is 0.428. The molecule has 78 valence electrons. The second-order valence-electron chi connectivity index (χ2n) is 3.73. The van der Waals surface area contributed by atoms with Crippen LogP contribution in [0.5, 0.6) is 0 Å². The van der Waals surface area contributed by atoms with Crippen LogP contribution in [0, 0.1) is 0 Å². The van der Waals surface area contributed by atoms with Crippen LogP contribution in [0.25, 0.3) is 10.6 Å². The maximum Gasteiger partial charge on any atom is 0.147 e. The number of anilines is 1. The van der Waals surface area contributed by atoms with Gasteiger partial charge in [-0.05, 0) is 12.1 Å². The van der Waals surface area contributed by atoms with Crippen molar-refractivity contribution in [2.75, 3.05) is 5.73 Å². The minimum absolute atomic E-state index is 0.428. The Labute approximate surface area is 93.0 Å². The molecular weight excluding hydrogens is 206 g/mol. The first-order valence-corrected chi connectivity index (χ1v) is 5.68. The van der Waals surface area contributed by atoms with Gasteiger partial charge in [0, 0.05) is 17.2 Å². The van der Waals surface area contributed by atoms with Crippen LogP contribution in [0.3, 0.4) is 0 Å². The molecule has 1 aromatic heterocycles. The maximum atomic E-state index is 5.72. The molecule has 0 spiro atoms. The Kier molecular flexibility index (Phi) is 2.68. The Bertz CT molecular complexity index is 462. The van der Waals surface area contributed by atoms with Gasteiger partial charge in [0.15, 0.2) is 0 Å². The van der Waals surface area contributed by atoms with E-state index in [1.54, 1.807) is 11.3 Å². The van der Waals surface area contributed by atoms with E-state index in [1.165, 1.54) is 0 Å². The van der Waals surface area contributed by atoms with Crippen LogP contribution >= 0.6 is 11.3 Å². The minimum Gasteiger partial charge on any atom is -0.399 e. The first-order chi connectivity index (χ1) is 7.16. The molecule has 0 unspecified atom stereocenters. The Balaban J connectivity index is 2.37. The van der Waals surface area contributed by atoms with Crippen LogP contribution < -0.4 is 5.73 Å². The van der Waals surface area contributed by atoms with Gasteiger partial charge >= 0.3 is 0 Å². The van der Waals surface area contributed by atoms with Gasteiger partial charge in [-0.25, -0.2) is 0 Å². The fourth-order valence-corrected chi connectivity index (χ4v) is 2.10. The Morgan fingerprint density at radius 1 is 1.27 bits per heavy atom. The van der Waals surface area contributed by atoms with Crippen LogP contribution in [0.1, 0.15) is 24.8 Å². The zero-order valence-electron chi connectivity index (χ0n) is 8.77. The molecule has 2 aromatic rings. The van der Waals surface area contributed by atoms with Crippen molar-refractivity contribution in [3.63, 3.8) is 0 Å². The van der Waals surface area contributed by atoms with E-state index in [0.717, 1.165) is 21.3 Å². The lowest BCUT2D eigenvalue weighted by Gasteiger charge is -1.97.